The quantitative estimate of drug-likeness (QED) is 0.626. The molecule has 5 heteroatoms. The van der Waals surface area contributed by atoms with Crippen LogP contribution in [0.4, 0.5) is 11.5 Å². The van der Waals surface area contributed by atoms with Gasteiger partial charge < -0.3 is 5.32 Å². The van der Waals surface area contributed by atoms with Gasteiger partial charge >= 0.3 is 0 Å². The fraction of sp³-hybridized carbons (Fsp3) is 0.118. The molecule has 0 aliphatic rings. The van der Waals surface area contributed by atoms with Gasteiger partial charge in [0.1, 0.15) is 5.82 Å². The van der Waals surface area contributed by atoms with E-state index in [-0.39, 0.29) is 0 Å². The number of anilines is 2. The lowest BCUT2D eigenvalue weighted by Gasteiger charge is -2.09. The van der Waals surface area contributed by atoms with E-state index in [1.54, 1.807) is 0 Å². The maximum atomic E-state index is 4.71. The average molecular weight is 289 g/mol. The van der Waals surface area contributed by atoms with E-state index in [9.17, 15) is 0 Å². The van der Waals surface area contributed by atoms with Crippen molar-refractivity contribution in [3.05, 3.63) is 60.4 Å². The van der Waals surface area contributed by atoms with Gasteiger partial charge in [-0.05, 0) is 24.3 Å². The van der Waals surface area contributed by atoms with Crippen LogP contribution in [0.2, 0.25) is 0 Å². The largest absolute Gasteiger partial charge is 0.337 e. The van der Waals surface area contributed by atoms with Crippen LogP contribution in [-0.4, -0.2) is 19.6 Å². The zero-order valence-corrected chi connectivity index (χ0v) is 12.2. The summed E-state index contributed by atoms with van der Waals surface area (Å²) >= 11 is 0. The molecule has 1 N–H and O–H groups in total. The molecule has 2 aromatic heterocycles. The third-order valence-corrected chi connectivity index (χ3v) is 3.65. The van der Waals surface area contributed by atoms with Crippen LogP contribution in [0.3, 0.4) is 0 Å². The second-order valence-corrected chi connectivity index (χ2v) is 5.07. The minimum atomic E-state index is 0.720. The molecule has 4 rings (SSSR count). The molecule has 2 heterocycles. The standard InChI is InChI=1S/C17H15N5/c1-2-15-20-21-17-16(18-12-8-4-3-5-9-12)19-13-10-6-7-11-14(13)22(15)17/h3-11H,2H2,1H3,(H,18,19). The van der Waals surface area contributed by atoms with Crippen molar-refractivity contribution in [1.82, 2.24) is 19.6 Å². The van der Waals surface area contributed by atoms with Gasteiger partial charge in [-0.1, -0.05) is 37.3 Å². The Labute approximate surface area is 127 Å². The molecule has 0 atom stereocenters. The molecule has 0 saturated heterocycles. The Hall–Kier alpha value is -2.95. The van der Waals surface area contributed by atoms with Crippen molar-refractivity contribution in [2.24, 2.45) is 0 Å². The van der Waals surface area contributed by atoms with Gasteiger partial charge in [0, 0.05) is 12.1 Å². The van der Waals surface area contributed by atoms with Gasteiger partial charge in [0.25, 0.3) is 0 Å². The topological polar surface area (TPSA) is 55.1 Å². The molecule has 0 bridgehead atoms. The number of hydrogen-bond acceptors (Lipinski definition) is 4. The second-order valence-electron chi connectivity index (χ2n) is 5.07. The Kier molecular flexibility index (Phi) is 2.96. The highest BCUT2D eigenvalue weighted by atomic mass is 15.3. The van der Waals surface area contributed by atoms with E-state index in [0.29, 0.717) is 0 Å². The van der Waals surface area contributed by atoms with E-state index in [2.05, 4.69) is 26.8 Å². The van der Waals surface area contributed by atoms with E-state index < -0.39 is 0 Å². The molecule has 0 amide bonds. The minimum absolute atomic E-state index is 0.720. The van der Waals surface area contributed by atoms with Crippen molar-refractivity contribution in [2.45, 2.75) is 13.3 Å². The molecular formula is C17H15N5. The lowest BCUT2D eigenvalue weighted by molar-refractivity contribution is 0.922. The molecular weight excluding hydrogens is 274 g/mol. The van der Waals surface area contributed by atoms with Gasteiger partial charge in [-0.3, -0.25) is 4.40 Å². The first kappa shape index (κ1) is 12.8. The van der Waals surface area contributed by atoms with E-state index in [4.69, 9.17) is 4.98 Å². The Balaban J connectivity index is 1.99. The predicted molar refractivity (Wildman–Crippen MR) is 87.4 cm³/mol. The van der Waals surface area contributed by atoms with Crippen LogP contribution in [0, 0.1) is 0 Å². The highest BCUT2D eigenvalue weighted by molar-refractivity contribution is 5.84. The van der Waals surface area contributed by atoms with Crippen molar-refractivity contribution in [3.63, 3.8) is 0 Å². The molecule has 0 fully saturated rings. The minimum Gasteiger partial charge on any atom is -0.337 e. The number of para-hydroxylation sites is 3. The summed E-state index contributed by atoms with van der Waals surface area (Å²) in [7, 11) is 0. The number of rotatable bonds is 3. The molecule has 108 valence electrons. The van der Waals surface area contributed by atoms with Crippen LogP contribution in [0.5, 0.6) is 0 Å². The van der Waals surface area contributed by atoms with Crippen LogP contribution in [0.25, 0.3) is 16.7 Å². The lowest BCUT2D eigenvalue weighted by Crippen LogP contribution is -2.01. The number of hydrogen-bond donors (Lipinski definition) is 1. The third kappa shape index (κ3) is 1.98. The normalized spacial score (nSPS) is 11.1. The Morgan fingerprint density at radius 3 is 2.55 bits per heavy atom. The van der Waals surface area contributed by atoms with Crippen molar-refractivity contribution >= 4 is 28.2 Å². The summed E-state index contributed by atoms with van der Waals surface area (Å²) in [5, 5.41) is 12.0. The number of aryl methyl sites for hydroxylation is 1. The summed E-state index contributed by atoms with van der Waals surface area (Å²) in [6.45, 7) is 2.08. The van der Waals surface area contributed by atoms with Gasteiger partial charge in [0.05, 0.1) is 11.0 Å². The summed E-state index contributed by atoms with van der Waals surface area (Å²) in [6.07, 6.45) is 0.819. The molecule has 0 saturated carbocycles. The molecule has 0 unspecified atom stereocenters. The van der Waals surface area contributed by atoms with Crippen molar-refractivity contribution in [2.75, 3.05) is 5.32 Å². The maximum Gasteiger partial charge on any atom is 0.204 e. The lowest BCUT2D eigenvalue weighted by atomic mass is 10.3. The SMILES string of the molecule is CCc1nnc2c(Nc3ccccc3)nc3ccccc3n12. The number of fused-ring (bicyclic) bond motifs is 3. The Bertz CT molecular complexity index is 943. The maximum absolute atomic E-state index is 4.71. The van der Waals surface area contributed by atoms with E-state index in [0.717, 1.165) is 40.4 Å². The first-order chi connectivity index (χ1) is 10.9. The summed E-state index contributed by atoms with van der Waals surface area (Å²) < 4.78 is 2.08. The Morgan fingerprint density at radius 2 is 1.73 bits per heavy atom. The monoisotopic (exact) mass is 289 g/mol. The van der Waals surface area contributed by atoms with Crippen LogP contribution in [0.15, 0.2) is 54.6 Å². The van der Waals surface area contributed by atoms with E-state index in [1.807, 2.05) is 54.6 Å². The van der Waals surface area contributed by atoms with Crippen molar-refractivity contribution < 1.29 is 0 Å². The average Bonchev–Trinajstić information content (AvgIpc) is 3.01. The predicted octanol–water partition coefficient (Wildman–Crippen LogP) is 3.58. The zero-order chi connectivity index (χ0) is 14.9. The summed E-state index contributed by atoms with van der Waals surface area (Å²) in [6, 6.07) is 18.0. The third-order valence-electron chi connectivity index (χ3n) is 3.65. The van der Waals surface area contributed by atoms with Gasteiger partial charge in [0.15, 0.2) is 5.82 Å². The fourth-order valence-electron chi connectivity index (χ4n) is 2.61. The van der Waals surface area contributed by atoms with Gasteiger partial charge in [-0.2, -0.15) is 0 Å². The van der Waals surface area contributed by atoms with Gasteiger partial charge in [-0.15, -0.1) is 10.2 Å². The van der Waals surface area contributed by atoms with Gasteiger partial charge in [0.2, 0.25) is 5.65 Å². The molecule has 2 aromatic carbocycles. The molecule has 0 spiro atoms. The molecule has 5 nitrogen and oxygen atoms in total. The second kappa shape index (κ2) is 5.11. The summed E-state index contributed by atoms with van der Waals surface area (Å²) in [5.74, 6) is 1.65. The van der Waals surface area contributed by atoms with Crippen molar-refractivity contribution in [3.8, 4) is 0 Å². The summed E-state index contributed by atoms with van der Waals surface area (Å²) in [5.41, 5.74) is 3.67. The van der Waals surface area contributed by atoms with Crippen LogP contribution in [0.1, 0.15) is 12.7 Å². The number of benzene rings is 2. The number of nitrogens with zero attached hydrogens (tertiary/aromatic N) is 4. The Morgan fingerprint density at radius 1 is 0.955 bits per heavy atom. The number of aromatic nitrogens is 4. The molecule has 22 heavy (non-hydrogen) atoms. The van der Waals surface area contributed by atoms with Crippen molar-refractivity contribution in [1.29, 1.82) is 0 Å². The highest BCUT2D eigenvalue weighted by Crippen LogP contribution is 2.24. The van der Waals surface area contributed by atoms with Gasteiger partial charge in [-0.25, -0.2) is 4.98 Å². The van der Waals surface area contributed by atoms with Crippen LogP contribution in [-0.2, 0) is 6.42 Å². The number of nitrogens with one attached hydrogen (secondary N) is 1. The van der Waals surface area contributed by atoms with Crippen LogP contribution < -0.4 is 5.32 Å². The fourth-order valence-corrected chi connectivity index (χ4v) is 2.61. The first-order valence-electron chi connectivity index (χ1n) is 7.31. The first-order valence-corrected chi connectivity index (χ1v) is 7.31. The summed E-state index contributed by atoms with van der Waals surface area (Å²) in [4.78, 5) is 4.71. The zero-order valence-electron chi connectivity index (χ0n) is 12.2. The highest BCUT2D eigenvalue weighted by Gasteiger charge is 2.13. The smallest absolute Gasteiger partial charge is 0.204 e. The molecule has 4 aromatic rings. The molecule has 0 aliphatic carbocycles. The molecule has 0 aliphatic heterocycles. The van der Waals surface area contributed by atoms with E-state index in [1.165, 1.54) is 0 Å². The van der Waals surface area contributed by atoms with E-state index >= 15 is 0 Å². The van der Waals surface area contributed by atoms with Crippen LogP contribution >= 0.6 is 0 Å². The molecule has 0 radical (unpaired) electrons.